The van der Waals surface area contributed by atoms with Crippen LogP contribution in [0.2, 0.25) is 0 Å². The number of fused-ring (bicyclic) bond motifs is 6. The summed E-state index contributed by atoms with van der Waals surface area (Å²) in [6.07, 6.45) is 0. The van der Waals surface area contributed by atoms with Gasteiger partial charge in [0.05, 0.1) is 5.56 Å². The summed E-state index contributed by atoms with van der Waals surface area (Å²) in [5, 5.41) is 4.64. The maximum absolute atomic E-state index is 6.84. The van der Waals surface area contributed by atoms with E-state index in [4.69, 9.17) is 19.4 Å². The Kier molecular flexibility index (Phi) is 7.64. The zero-order valence-electron chi connectivity index (χ0n) is 30.1. The fourth-order valence-corrected chi connectivity index (χ4v) is 9.21. The Morgan fingerprint density at radius 2 is 0.929 bits per heavy atom. The van der Waals surface area contributed by atoms with Crippen molar-refractivity contribution in [1.29, 1.82) is 0 Å². The van der Waals surface area contributed by atoms with Gasteiger partial charge in [-0.05, 0) is 52.1 Å². The molecule has 5 heteroatoms. The highest BCUT2D eigenvalue weighted by atomic mass is 32.1. The van der Waals surface area contributed by atoms with Crippen molar-refractivity contribution >= 4 is 53.4 Å². The van der Waals surface area contributed by atoms with Crippen LogP contribution in [0.4, 0.5) is 0 Å². The number of hydrogen-bond acceptors (Lipinski definition) is 5. The molecule has 0 saturated heterocycles. The monoisotopic (exact) mass is 733 g/mol. The standard InChI is InChI=1S/C51H31N3OS/c1-4-15-32(16-5-1)35-21-12-22-36(31-35)50-52-49(34-19-8-3-9-20-34)53-51(54-50)42-26-13-25-41-45-38(24-14-27-43(45)55-47(41)42)39-30-29-37(33-17-6-2-7-18-33)46-40-23-10-11-28-44(40)56-48(39)46/h1-31H. The number of aromatic nitrogens is 3. The second-order valence-electron chi connectivity index (χ2n) is 13.9. The minimum absolute atomic E-state index is 0.560. The molecule has 0 unspecified atom stereocenters. The van der Waals surface area contributed by atoms with E-state index in [2.05, 4.69) is 152 Å². The number of para-hydroxylation sites is 1. The van der Waals surface area contributed by atoms with Crippen molar-refractivity contribution in [3.05, 3.63) is 188 Å². The molecule has 0 aliphatic rings. The molecule has 56 heavy (non-hydrogen) atoms. The first-order valence-electron chi connectivity index (χ1n) is 18.7. The number of nitrogens with zero attached hydrogens (tertiary/aromatic N) is 3. The molecule has 0 aliphatic carbocycles. The summed E-state index contributed by atoms with van der Waals surface area (Å²) in [4.78, 5) is 15.3. The van der Waals surface area contributed by atoms with Crippen LogP contribution < -0.4 is 0 Å². The van der Waals surface area contributed by atoms with E-state index >= 15 is 0 Å². The molecule has 0 N–H and O–H groups in total. The van der Waals surface area contributed by atoms with Gasteiger partial charge in [0.1, 0.15) is 11.2 Å². The maximum Gasteiger partial charge on any atom is 0.167 e. The van der Waals surface area contributed by atoms with Crippen molar-refractivity contribution in [2.24, 2.45) is 0 Å². The van der Waals surface area contributed by atoms with Crippen LogP contribution in [0.3, 0.4) is 0 Å². The molecule has 3 aromatic heterocycles. The molecule has 0 bridgehead atoms. The molecule has 11 rings (SSSR count). The second kappa shape index (κ2) is 13.3. The Morgan fingerprint density at radius 3 is 1.73 bits per heavy atom. The van der Waals surface area contributed by atoms with E-state index < -0.39 is 0 Å². The van der Waals surface area contributed by atoms with Gasteiger partial charge in [0.15, 0.2) is 17.5 Å². The van der Waals surface area contributed by atoms with Gasteiger partial charge in [-0.1, -0.05) is 164 Å². The smallest absolute Gasteiger partial charge is 0.167 e. The quantitative estimate of drug-likeness (QED) is 0.171. The van der Waals surface area contributed by atoms with Gasteiger partial charge in [0.25, 0.3) is 0 Å². The van der Waals surface area contributed by atoms with Crippen molar-refractivity contribution in [3.63, 3.8) is 0 Å². The van der Waals surface area contributed by atoms with Gasteiger partial charge in [-0.15, -0.1) is 11.3 Å². The lowest BCUT2D eigenvalue weighted by Gasteiger charge is -2.11. The fourth-order valence-electron chi connectivity index (χ4n) is 7.96. The molecule has 0 fully saturated rings. The third kappa shape index (κ3) is 5.40. The molecule has 8 aromatic carbocycles. The predicted molar refractivity (Wildman–Crippen MR) is 233 cm³/mol. The van der Waals surface area contributed by atoms with Crippen LogP contribution in [0.5, 0.6) is 0 Å². The Morgan fingerprint density at radius 1 is 0.357 bits per heavy atom. The molecule has 0 radical (unpaired) electrons. The summed E-state index contributed by atoms with van der Waals surface area (Å²) in [5.41, 5.74) is 11.2. The van der Waals surface area contributed by atoms with Gasteiger partial charge in [-0.25, -0.2) is 15.0 Å². The molecule has 11 aromatic rings. The Labute approximate surface area is 327 Å². The Hall–Kier alpha value is -7.21. The van der Waals surface area contributed by atoms with Gasteiger partial charge in [0.2, 0.25) is 0 Å². The van der Waals surface area contributed by atoms with E-state index in [0.29, 0.717) is 17.5 Å². The molecule has 0 atom stereocenters. The van der Waals surface area contributed by atoms with E-state index in [1.54, 1.807) is 0 Å². The van der Waals surface area contributed by atoms with Gasteiger partial charge >= 0.3 is 0 Å². The minimum Gasteiger partial charge on any atom is -0.455 e. The van der Waals surface area contributed by atoms with E-state index in [0.717, 1.165) is 55.3 Å². The summed E-state index contributed by atoms with van der Waals surface area (Å²) in [5.74, 6) is 1.77. The number of thiophene rings is 1. The topological polar surface area (TPSA) is 51.8 Å². The van der Waals surface area contributed by atoms with Crippen LogP contribution in [-0.4, -0.2) is 15.0 Å². The summed E-state index contributed by atoms with van der Waals surface area (Å²) in [7, 11) is 0. The van der Waals surface area contributed by atoms with Crippen molar-refractivity contribution < 1.29 is 4.42 Å². The summed E-state index contributed by atoms with van der Waals surface area (Å²) >= 11 is 1.85. The zero-order valence-corrected chi connectivity index (χ0v) is 30.9. The summed E-state index contributed by atoms with van der Waals surface area (Å²) in [6.45, 7) is 0. The first-order chi connectivity index (χ1) is 27.8. The number of rotatable bonds is 6. The van der Waals surface area contributed by atoms with Gasteiger partial charge in [0, 0.05) is 47.6 Å². The SMILES string of the molecule is c1ccc(-c2cccc(-c3nc(-c4ccccc4)nc(-c4cccc5c4oc4cccc(-c6ccc(-c7ccccc7)c7c6sc6ccccc67)c45)n3)c2)cc1. The number of furan rings is 1. The molecular weight excluding hydrogens is 703 g/mol. The average Bonchev–Trinajstić information content (AvgIpc) is 3.86. The van der Waals surface area contributed by atoms with Gasteiger partial charge < -0.3 is 4.42 Å². The highest BCUT2D eigenvalue weighted by Crippen LogP contribution is 2.48. The molecule has 4 nitrogen and oxygen atoms in total. The average molecular weight is 734 g/mol. The fraction of sp³-hybridized carbons (Fsp3) is 0. The summed E-state index contributed by atoms with van der Waals surface area (Å²) in [6, 6.07) is 65.5. The largest absolute Gasteiger partial charge is 0.455 e. The second-order valence-corrected chi connectivity index (χ2v) is 15.0. The lowest BCUT2D eigenvalue weighted by atomic mass is 9.93. The molecule has 3 heterocycles. The Bertz CT molecular complexity index is 3240. The number of hydrogen-bond donors (Lipinski definition) is 0. The highest BCUT2D eigenvalue weighted by molar-refractivity contribution is 7.26. The van der Waals surface area contributed by atoms with Crippen molar-refractivity contribution in [1.82, 2.24) is 15.0 Å². The van der Waals surface area contributed by atoms with Gasteiger partial charge in [-0.2, -0.15) is 0 Å². The van der Waals surface area contributed by atoms with Crippen LogP contribution >= 0.6 is 11.3 Å². The lowest BCUT2D eigenvalue weighted by molar-refractivity contribution is 0.669. The van der Waals surface area contributed by atoms with Crippen LogP contribution in [-0.2, 0) is 0 Å². The van der Waals surface area contributed by atoms with Crippen molar-refractivity contribution in [3.8, 4) is 67.5 Å². The predicted octanol–water partition coefficient (Wildman–Crippen LogP) is 14.1. The number of benzene rings is 8. The summed E-state index contributed by atoms with van der Waals surface area (Å²) < 4.78 is 9.37. The zero-order chi connectivity index (χ0) is 37.0. The van der Waals surface area contributed by atoms with E-state index in [-0.39, 0.29) is 0 Å². The Balaban J connectivity index is 1.12. The first-order valence-corrected chi connectivity index (χ1v) is 19.5. The third-order valence-electron chi connectivity index (χ3n) is 10.6. The molecular formula is C51H31N3OS. The molecule has 0 aliphatic heterocycles. The molecule has 262 valence electrons. The van der Waals surface area contributed by atoms with E-state index in [1.807, 2.05) is 47.7 Å². The van der Waals surface area contributed by atoms with Crippen LogP contribution in [0.1, 0.15) is 0 Å². The molecule has 0 amide bonds. The lowest BCUT2D eigenvalue weighted by Crippen LogP contribution is -2.00. The first kappa shape index (κ1) is 32.2. The van der Waals surface area contributed by atoms with Crippen molar-refractivity contribution in [2.45, 2.75) is 0 Å². The molecule has 0 spiro atoms. The van der Waals surface area contributed by atoms with E-state index in [1.165, 1.54) is 36.9 Å². The maximum atomic E-state index is 6.84. The molecule has 0 saturated carbocycles. The third-order valence-corrected chi connectivity index (χ3v) is 11.8. The van der Waals surface area contributed by atoms with Crippen LogP contribution in [0.25, 0.3) is 110 Å². The van der Waals surface area contributed by atoms with Crippen LogP contribution in [0.15, 0.2) is 192 Å². The normalized spacial score (nSPS) is 11.6. The highest BCUT2D eigenvalue weighted by Gasteiger charge is 2.22. The van der Waals surface area contributed by atoms with Gasteiger partial charge in [-0.3, -0.25) is 0 Å². The van der Waals surface area contributed by atoms with Crippen LogP contribution in [0, 0.1) is 0 Å². The minimum atomic E-state index is 0.560. The van der Waals surface area contributed by atoms with E-state index in [9.17, 15) is 0 Å². The van der Waals surface area contributed by atoms with Crippen molar-refractivity contribution in [2.75, 3.05) is 0 Å².